The Kier molecular flexibility index (Phi) is 4.42. The fraction of sp³-hybridized carbons (Fsp3) is 0.0769. The van der Waals surface area contributed by atoms with E-state index < -0.39 is 10.7 Å². The van der Waals surface area contributed by atoms with Crippen LogP contribution >= 0.6 is 23.2 Å². The van der Waals surface area contributed by atoms with E-state index in [0.29, 0.717) is 21.3 Å². The van der Waals surface area contributed by atoms with E-state index in [0.717, 1.165) is 0 Å². The smallest absolute Gasteiger partial charge is 0.271 e. The molecular weight excluding hydrogens is 306 g/mol. The Hall–Kier alpha value is -1.85. The molecule has 0 aliphatic rings. The molecule has 2 aromatic rings. The van der Waals surface area contributed by atoms with Gasteiger partial charge in [-0.3, -0.25) is 10.1 Å². The van der Waals surface area contributed by atoms with Crippen LogP contribution < -0.4 is 5.32 Å². The summed E-state index contributed by atoms with van der Waals surface area (Å²) in [5.41, 5.74) is 0.667. The molecule has 0 unspecified atom stereocenters. The predicted molar refractivity (Wildman–Crippen MR) is 76.8 cm³/mol. The third-order valence-electron chi connectivity index (χ3n) is 2.65. The molecular formula is C13H9Cl2FN2O2. The number of non-ortho nitro benzene ring substituents is 1. The molecule has 1 N–H and O–H groups in total. The van der Waals surface area contributed by atoms with Crippen molar-refractivity contribution in [2.45, 2.75) is 6.54 Å². The van der Waals surface area contributed by atoms with Gasteiger partial charge in [-0.25, -0.2) is 4.39 Å². The summed E-state index contributed by atoms with van der Waals surface area (Å²) in [5, 5.41) is 14.2. The van der Waals surface area contributed by atoms with Crippen LogP contribution in [-0.2, 0) is 6.54 Å². The number of nitrogens with zero attached hydrogens (tertiary/aromatic N) is 1. The van der Waals surface area contributed by atoms with E-state index in [1.807, 2.05) is 0 Å². The monoisotopic (exact) mass is 314 g/mol. The molecule has 4 nitrogen and oxygen atoms in total. The number of nitro groups is 1. The molecule has 0 saturated heterocycles. The Labute approximate surface area is 124 Å². The number of nitrogens with one attached hydrogen (secondary N) is 1. The number of rotatable bonds is 4. The molecule has 0 atom stereocenters. The Morgan fingerprint density at radius 2 is 1.95 bits per heavy atom. The number of hydrogen-bond acceptors (Lipinski definition) is 3. The third kappa shape index (κ3) is 3.37. The van der Waals surface area contributed by atoms with Gasteiger partial charge < -0.3 is 5.32 Å². The molecule has 0 saturated carbocycles. The first kappa shape index (κ1) is 14.6. The molecule has 0 radical (unpaired) electrons. The summed E-state index contributed by atoms with van der Waals surface area (Å²) in [7, 11) is 0. The second-order valence-corrected chi connectivity index (χ2v) is 4.85. The fourth-order valence-corrected chi connectivity index (χ4v) is 1.96. The molecule has 7 heteroatoms. The molecule has 2 rings (SSSR count). The Morgan fingerprint density at radius 1 is 1.20 bits per heavy atom. The predicted octanol–water partition coefficient (Wildman–Crippen LogP) is 4.65. The van der Waals surface area contributed by atoms with Gasteiger partial charge in [-0.2, -0.15) is 0 Å². The highest BCUT2D eigenvalue weighted by Gasteiger charge is 2.10. The zero-order chi connectivity index (χ0) is 14.7. The van der Waals surface area contributed by atoms with Crippen LogP contribution in [0.3, 0.4) is 0 Å². The van der Waals surface area contributed by atoms with Gasteiger partial charge in [0.25, 0.3) is 5.69 Å². The molecule has 0 aromatic heterocycles. The third-order valence-corrected chi connectivity index (χ3v) is 3.21. The first-order valence-corrected chi connectivity index (χ1v) is 6.34. The van der Waals surface area contributed by atoms with Crippen LogP contribution in [0.2, 0.25) is 10.0 Å². The number of halogens is 3. The minimum atomic E-state index is -0.523. The normalized spacial score (nSPS) is 10.3. The molecule has 0 bridgehead atoms. The van der Waals surface area contributed by atoms with Crippen LogP contribution in [-0.4, -0.2) is 4.92 Å². The second kappa shape index (κ2) is 6.07. The second-order valence-electron chi connectivity index (χ2n) is 4.01. The van der Waals surface area contributed by atoms with Crippen molar-refractivity contribution < 1.29 is 9.31 Å². The number of benzene rings is 2. The molecule has 2 aromatic carbocycles. The lowest BCUT2D eigenvalue weighted by atomic mass is 10.2. The number of hydrogen-bond donors (Lipinski definition) is 1. The lowest BCUT2D eigenvalue weighted by Crippen LogP contribution is -2.03. The van der Waals surface area contributed by atoms with Gasteiger partial charge in [-0.05, 0) is 18.2 Å². The fourth-order valence-electron chi connectivity index (χ4n) is 1.62. The van der Waals surface area contributed by atoms with E-state index in [9.17, 15) is 14.5 Å². The minimum Gasteiger partial charge on any atom is -0.379 e. The molecule has 0 aliphatic carbocycles. The van der Waals surface area contributed by atoms with Crippen molar-refractivity contribution in [1.29, 1.82) is 0 Å². The summed E-state index contributed by atoms with van der Waals surface area (Å²) in [5.74, 6) is -0.452. The van der Waals surface area contributed by atoms with Gasteiger partial charge >= 0.3 is 0 Å². The van der Waals surface area contributed by atoms with E-state index in [2.05, 4.69) is 5.32 Å². The summed E-state index contributed by atoms with van der Waals surface area (Å²) in [4.78, 5) is 10.2. The van der Waals surface area contributed by atoms with Crippen molar-refractivity contribution in [1.82, 2.24) is 0 Å². The number of anilines is 1. The first-order chi connectivity index (χ1) is 9.47. The molecule has 0 heterocycles. The summed E-state index contributed by atoms with van der Waals surface area (Å²) in [6.07, 6.45) is 0. The van der Waals surface area contributed by atoms with E-state index in [-0.39, 0.29) is 12.2 Å². The molecule has 0 spiro atoms. The first-order valence-electron chi connectivity index (χ1n) is 5.59. The molecule has 0 amide bonds. The van der Waals surface area contributed by atoms with Crippen molar-refractivity contribution in [2.75, 3.05) is 5.32 Å². The van der Waals surface area contributed by atoms with Crippen molar-refractivity contribution >= 4 is 34.6 Å². The van der Waals surface area contributed by atoms with Crippen molar-refractivity contribution in [3.63, 3.8) is 0 Å². The minimum absolute atomic E-state index is 0.0894. The largest absolute Gasteiger partial charge is 0.379 e. The van der Waals surface area contributed by atoms with E-state index >= 15 is 0 Å². The maximum Gasteiger partial charge on any atom is 0.271 e. The van der Waals surface area contributed by atoms with Gasteiger partial charge in [0, 0.05) is 29.3 Å². The highest BCUT2D eigenvalue weighted by molar-refractivity contribution is 6.33. The van der Waals surface area contributed by atoms with Gasteiger partial charge in [0.05, 0.1) is 15.6 Å². The zero-order valence-corrected chi connectivity index (χ0v) is 11.6. The van der Waals surface area contributed by atoms with Crippen molar-refractivity contribution in [3.05, 3.63) is 67.9 Å². The van der Waals surface area contributed by atoms with Gasteiger partial charge in [0.1, 0.15) is 5.82 Å². The average Bonchev–Trinajstić information content (AvgIpc) is 2.39. The summed E-state index contributed by atoms with van der Waals surface area (Å²) < 4.78 is 13.6. The Balaban J connectivity index is 2.18. The average molecular weight is 315 g/mol. The van der Waals surface area contributed by atoms with Crippen LogP contribution in [0.4, 0.5) is 15.8 Å². The maximum atomic E-state index is 13.6. The Bertz CT molecular complexity index is 665. The van der Waals surface area contributed by atoms with Crippen LogP contribution in [0.25, 0.3) is 0 Å². The van der Waals surface area contributed by atoms with Gasteiger partial charge in [0.15, 0.2) is 0 Å². The Morgan fingerprint density at radius 3 is 2.60 bits per heavy atom. The SMILES string of the molecule is O=[N+]([O-])c1ccc(Cl)c(NCc2ccc(Cl)cc2F)c1. The summed E-state index contributed by atoms with van der Waals surface area (Å²) in [6.45, 7) is 0.143. The van der Waals surface area contributed by atoms with Gasteiger partial charge in [-0.1, -0.05) is 29.3 Å². The van der Waals surface area contributed by atoms with E-state index in [1.165, 1.54) is 30.3 Å². The standard InChI is InChI=1S/C13H9Cl2FN2O2/c14-9-2-1-8(12(16)5-9)7-17-13-6-10(18(19)20)3-4-11(13)15/h1-6,17H,7H2. The van der Waals surface area contributed by atoms with Gasteiger partial charge in [0.2, 0.25) is 0 Å². The topological polar surface area (TPSA) is 55.2 Å². The lowest BCUT2D eigenvalue weighted by molar-refractivity contribution is -0.384. The van der Waals surface area contributed by atoms with E-state index in [1.54, 1.807) is 6.07 Å². The molecule has 104 valence electrons. The van der Waals surface area contributed by atoms with Crippen molar-refractivity contribution in [2.24, 2.45) is 0 Å². The van der Waals surface area contributed by atoms with Gasteiger partial charge in [-0.15, -0.1) is 0 Å². The molecule has 0 fully saturated rings. The van der Waals surface area contributed by atoms with Crippen LogP contribution in [0, 0.1) is 15.9 Å². The number of nitro benzene ring substituents is 1. The van der Waals surface area contributed by atoms with Crippen molar-refractivity contribution in [3.8, 4) is 0 Å². The highest BCUT2D eigenvalue weighted by Crippen LogP contribution is 2.27. The summed E-state index contributed by atoms with van der Waals surface area (Å²) in [6, 6.07) is 8.33. The van der Waals surface area contributed by atoms with Crippen LogP contribution in [0.15, 0.2) is 36.4 Å². The van der Waals surface area contributed by atoms with Crippen LogP contribution in [0.1, 0.15) is 5.56 Å². The lowest BCUT2D eigenvalue weighted by Gasteiger charge is -2.09. The molecule has 20 heavy (non-hydrogen) atoms. The maximum absolute atomic E-state index is 13.6. The molecule has 0 aliphatic heterocycles. The summed E-state index contributed by atoms with van der Waals surface area (Å²) >= 11 is 11.6. The highest BCUT2D eigenvalue weighted by atomic mass is 35.5. The zero-order valence-electron chi connectivity index (χ0n) is 10.1. The van der Waals surface area contributed by atoms with Crippen LogP contribution in [0.5, 0.6) is 0 Å². The van der Waals surface area contributed by atoms with E-state index in [4.69, 9.17) is 23.2 Å². The quantitative estimate of drug-likeness (QED) is 0.660.